The highest BCUT2D eigenvalue weighted by Gasteiger charge is 2.37. The van der Waals surface area contributed by atoms with Crippen LogP contribution < -0.4 is 14.4 Å². The summed E-state index contributed by atoms with van der Waals surface area (Å²) in [4.78, 5) is 21.4. The van der Waals surface area contributed by atoms with Gasteiger partial charge in [-0.2, -0.15) is 0 Å². The number of para-hydroxylation sites is 3. The lowest BCUT2D eigenvalue weighted by Gasteiger charge is -2.38. The van der Waals surface area contributed by atoms with Crippen molar-refractivity contribution in [2.45, 2.75) is 19.1 Å². The normalized spacial score (nSPS) is 21.4. The number of benzene rings is 2. The highest BCUT2D eigenvalue weighted by molar-refractivity contribution is 7.22. The molecule has 1 fully saturated rings. The predicted octanol–water partition coefficient (Wildman–Crippen LogP) is 3.31. The molecule has 2 aliphatic heterocycles. The fourth-order valence-corrected chi connectivity index (χ4v) is 4.76. The summed E-state index contributed by atoms with van der Waals surface area (Å²) in [6.07, 6.45) is -1.02. The molecule has 2 atom stereocenters. The van der Waals surface area contributed by atoms with Crippen LogP contribution in [-0.4, -0.2) is 54.2 Å². The van der Waals surface area contributed by atoms with Crippen molar-refractivity contribution in [2.75, 3.05) is 31.1 Å². The quantitative estimate of drug-likeness (QED) is 0.645. The van der Waals surface area contributed by atoms with Gasteiger partial charge in [0.15, 0.2) is 16.6 Å². The number of fused-ring (bicyclic) bond motifs is 2. The van der Waals surface area contributed by atoms with Gasteiger partial charge in [0.1, 0.15) is 17.4 Å². The molecule has 5 rings (SSSR count). The fourth-order valence-electron chi connectivity index (χ4n) is 3.73. The zero-order valence-electron chi connectivity index (χ0n) is 15.9. The lowest BCUT2D eigenvalue weighted by Crippen LogP contribution is -2.56. The molecule has 6 nitrogen and oxygen atoms in total. The minimum Gasteiger partial charge on any atom is -0.482 e. The molecule has 1 aromatic heterocycles. The molecule has 29 heavy (non-hydrogen) atoms. The standard InChI is InChI=1S/C21H20FN3O3S/c1-13-19(28-16-7-3-2-6-15(16)27-13)20(26)24-9-11-25(12-10-24)21-23-18-14(22)5-4-8-17(18)29-21/h2-8,13,19H,9-12H2,1H3. The van der Waals surface area contributed by atoms with E-state index in [0.29, 0.717) is 43.2 Å². The number of amides is 1. The molecule has 2 unspecified atom stereocenters. The van der Waals surface area contributed by atoms with Crippen LogP contribution in [-0.2, 0) is 4.79 Å². The van der Waals surface area contributed by atoms with Crippen molar-refractivity contribution in [3.05, 3.63) is 48.3 Å². The number of hydrogen-bond acceptors (Lipinski definition) is 6. The molecule has 0 spiro atoms. The number of hydrogen-bond donors (Lipinski definition) is 0. The van der Waals surface area contributed by atoms with Crippen molar-refractivity contribution in [1.82, 2.24) is 9.88 Å². The Morgan fingerprint density at radius 3 is 2.52 bits per heavy atom. The highest BCUT2D eigenvalue weighted by atomic mass is 32.1. The van der Waals surface area contributed by atoms with Gasteiger partial charge in [-0.1, -0.05) is 29.5 Å². The Hall–Kier alpha value is -2.87. The SMILES string of the molecule is CC1Oc2ccccc2OC1C(=O)N1CCN(c2nc3c(F)cccc3s2)CC1. The Kier molecular flexibility index (Phi) is 4.50. The molecule has 0 radical (unpaired) electrons. The molecule has 2 aromatic carbocycles. The summed E-state index contributed by atoms with van der Waals surface area (Å²) in [6.45, 7) is 4.26. The van der Waals surface area contributed by atoms with E-state index in [-0.39, 0.29) is 17.8 Å². The zero-order chi connectivity index (χ0) is 20.0. The number of carbonyl (C=O) groups excluding carboxylic acids is 1. The van der Waals surface area contributed by atoms with Crippen LogP contribution in [0.5, 0.6) is 11.5 Å². The fraction of sp³-hybridized carbons (Fsp3) is 0.333. The first-order valence-corrected chi connectivity index (χ1v) is 10.4. The molecule has 0 aliphatic carbocycles. The Morgan fingerprint density at radius 2 is 1.79 bits per heavy atom. The maximum Gasteiger partial charge on any atom is 0.267 e. The van der Waals surface area contributed by atoms with E-state index in [0.717, 1.165) is 9.83 Å². The van der Waals surface area contributed by atoms with Crippen molar-refractivity contribution in [3.63, 3.8) is 0 Å². The van der Waals surface area contributed by atoms with Gasteiger partial charge in [0.25, 0.3) is 5.91 Å². The number of aromatic nitrogens is 1. The maximum atomic E-state index is 13.9. The molecule has 1 saturated heterocycles. The minimum absolute atomic E-state index is 0.0676. The zero-order valence-corrected chi connectivity index (χ0v) is 16.7. The molecule has 0 saturated carbocycles. The largest absolute Gasteiger partial charge is 0.482 e. The Labute approximate surface area is 171 Å². The van der Waals surface area contributed by atoms with Gasteiger partial charge in [0, 0.05) is 26.2 Å². The minimum atomic E-state index is -0.659. The second-order valence-corrected chi connectivity index (χ2v) is 8.21. The van der Waals surface area contributed by atoms with E-state index in [1.165, 1.54) is 17.4 Å². The molecular weight excluding hydrogens is 393 g/mol. The van der Waals surface area contributed by atoms with Gasteiger partial charge in [-0.05, 0) is 31.2 Å². The van der Waals surface area contributed by atoms with Crippen LogP contribution in [0.2, 0.25) is 0 Å². The smallest absolute Gasteiger partial charge is 0.267 e. The molecule has 0 N–H and O–H groups in total. The molecule has 150 valence electrons. The van der Waals surface area contributed by atoms with Crippen molar-refractivity contribution < 1.29 is 18.7 Å². The van der Waals surface area contributed by atoms with E-state index >= 15 is 0 Å². The van der Waals surface area contributed by atoms with Crippen LogP contribution in [0, 0.1) is 5.82 Å². The van der Waals surface area contributed by atoms with Gasteiger partial charge in [-0.15, -0.1) is 0 Å². The van der Waals surface area contributed by atoms with Crippen LogP contribution in [0.3, 0.4) is 0 Å². The molecule has 3 aromatic rings. The lowest BCUT2D eigenvalue weighted by atomic mass is 10.1. The molecule has 0 bridgehead atoms. The summed E-state index contributed by atoms with van der Waals surface area (Å²) in [7, 11) is 0. The van der Waals surface area contributed by atoms with Gasteiger partial charge >= 0.3 is 0 Å². The second kappa shape index (κ2) is 7.18. The van der Waals surface area contributed by atoms with Gasteiger partial charge < -0.3 is 19.3 Å². The summed E-state index contributed by atoms with van der Waals surface area (Å²) in [5.74, 6) is 0.889. The first kappa shape index (κ1) is 18.2. The number of carbonyl (C=O) groups is 1. The summed E-state index contributed by atoms with van der Waals surface area (Å²) in [6, 6.07) is 12.4. The van der Waals surface area contributed by atoms with Crippen LogP contribution in [0.15, 0.2) is 42.5 Å². The van der Waals surface area contributed by atoms with Crippen molar-refractivity contribution in [3.8, 4) is 11.5 Å². The maximum absolute atomic E-state index is 13.9. The van der Waals surface area contributed by atoms with Gasteiger partial charge in [0.05, 0.1) is 4.70 Å². The predicted molar refractivity (Wildman–Crippen MR) is 109 cm³/mol. The summed E-state index contributed by atoms with van der Waals surface area (Å²) >= 11 is 1.48. The van der Waals surface area contributed by atoms with Crippen LogP contribution in [0.25, 0.3) is 10.2 Å². The third-order valence-corrected chi connectivity index (χ3v) is 6.39. The number of piperazine rings is 1. The van der Waals surface area contributed by atoms with Crippen LogP contribution in [0.1, 0.15) is 6.92 Å². The highest BCUT2D eigenvalue weighted by Crippen LogP contribution is 2.34. The Bertz CT molecular complexity index is 1060. The van der Waals surface area contributed by atoms with Crippen molar-refractivity contribution in [2.24, 2.45) is 0 Å². The van der Waals surface area contributed by atoms with Gasteiger partial charge in [-0.3, -0.25) is 4.79 Å². The number of rotatable bonds is 2. The molecule has 1 amide bonds. The molecular formula is C21H20FN3O3S. The van der Waals surface area contributed by atoms with Gasteiger partial charge in [-0.25, -0.2) is 9.37 Å². The molecule has 3 heterocycles. The number of ether oxygens (including phenoxy) is 2. The average Bonchev–Trinajstić information content (AvgIpc) is 3.19. The summed E-state index contributed by atoms with van der Waals surface area (Å²) < 4.78 is 26.6. The monoisotopic (exact) mass is 413 g/mol. The topological polar surface area (TPSA) is 54.9 Å². The van der Waals surface area contributed by atoms with Gasteiger partial charge in [0.2, 0.25) is 6.10 Å². The van der Waals surface area contributed by atoms with Crippen molar-refractivity contribution >= 4 is 32.6 Å². The van der Waals surface area contributed by atoms with Crippen molar-refractivity contribution in [1.29, 1.82) is 0 Å². The lowest BCUT2D eigenvalue weighted by molar-refractivity contribution is -0.144. The van der Waals surface area contributed by atoms with E-state index in [1.54, 1.807) is 6.07 Å². The summed E-state index contributed by atoms with van der Waals surface area (Å²) in [5, 5.41) is 0.789. The first-order valence-electron chi connectivity index (χ1n) is 9.61. The number of halogens is 1. The number of nitrogens with zero attached hydrogens (tertiary/aromatic N) is 3. The van der Waals surface area contributed by atoms with E-state index in [4.69, 9.17) is 9.47 Å². The van der Waals surface area contributed by atoms with E-state index in [9.17, 15) is 9.18 Å². The molecule has 8 heteroatoms. The van der Waals surface area contributed by atoms with Crippen LogP contribution >= 0.6 is 11.3 Å². The number of thiazole rings is 1. The van der Waals surface area contributed by atoms with Crippen LogP contribution in [0.4, 0.5) is 9.52 Å². The first-order chi connectivity index (χ1) is 14.1. The van der Waals surface area contributed by atoms with E-state index in [2.05, 4.69) is 9.88 Å². The second-order valence-electron chi connectivity index (χ2n) is 7.20. The Balaban J connectivity index is 1.26. The van der Waals surface area contributed by atoms with E-state index < -0.39 is 6.10 Å². The third kappa shape index (κ3) is 3.27. The number of anilines is 1. The van der Waals surface area contributed by atoms with E-state index in [1.807, 2.05) is 42.2 Å². The molecule has 2 aliphatic rings. The average molecular weight is 413 g/mol. The third-order valence-electron chi connectivity index (χ3n) is 5.31. The summed E-state index contributed by atoms with van der Waals surface area (Å²) in [5.41, 5.74) is 0.409. The Morgan fingerprint density at radius 1 is 1.07 bits per heavy atom.